The smallest absolute Gasteiger partial charge is 0.0560 e. The first-order valence-corrected chi connectivity index (χ1v) is 6.68. The highest BCUT2D eigenvalue weighted by atomic mass is 15.3. The molecule has 1 aromatic carbocycles. The van der Waals surface area contributed by atoms with E-state index in [9.17, 15) is 0 Å². The van der Waals surface area contributed by atoms with Gasteiger partial charge >= 0.3 is 0 Å². The summed E-state index contributed by atoms with van der Waals surface area (Å²) in [5.41, 5.74) is 2.44. The highest BCUT2D eigenvalue weighted by Crippen LogP contribution is 2.00. The predicted octanol–water partition coefficient (Wildman–Crippen LogP) is 2.88. The van der Waals surface area contributed by atoms with Gasteiger partial charge in [0.1, 0.15) is 0 Å². The lowest BCUT2D eigenvalue weighted by Gasteiger charge is -2.12. The standard InChI is InChI=1S/C16H21N3/c1-14-11-18-19(12-14)13-15(2)17-10-6-9-16-7-4-3-5-8-16/h3-9,11-12,15,17H,10,13H2,1-2H3. The van der Waals surface area contributed by atoms with Gasteiger partial charge in [-0.3, -0.25) is 4.68 Å². The van der Waals surface area contributed by atoms with Crippen molar-refractivity contribution in [2.45, 2.75) is 26.4 Å². The lowest BCUT2D eigenvalue weighted by Crippen LogP contribution is -2.30. The Labute approximate surface area is 115 Å². The Balaban J connectivity index is 1.72. The fourth-order valence-corrected chi connectivity index (χ4v) is 1.94. The number of nitrogens with one attached hydrogen (secondary N) is 1. The van der Waals surface area contributed by atoms with Crippen LogP contribution in [0.4, 0.5) is 0 Å². The quantitative estimate of drug-likeness (QED) is 0.860. The monoisotopic (exact) mass is 255 g/mol. The van der Waals surface area contributed by atoms with Crippen LogP contribution in [0.5, 0.6) is 0 Å². The Hall–Kier alpha value is -1.87. The third-order valence-corrected chi connectivity index (χ3v) is 2.92. The lowest BCUT2D eigenvalue weighted by atomic mass is 10.2. The molecule has 1 unspecified atom stereocenters. The molecule has 0 aliphatic heterocycles. The van der Waals surface area contributed by atoms with Crippen LogP contribution in [0.3, 0.4) is 0 Å². The average molecular weight is 255 g/mol. The van der Waals surface area contributed by atoms with Gasteiger partial charge in [0, 0.05) is 18.8 Å². The Morgan fingerprint density at radius 3 is 2.79 bits per heavy atom. The molecule has 2 aromatic rings. The summed E-state index contributed by atoms with van der Waals surface area (Å²) in [7, 11) is 0. The largest absolute Gasteiger partial charge is 0.309 e. The van der Waals surface area contributed by atoms with Gasteiger partial charge in [-0.1, -0.05) is 42.5 Å². The predicted molar refractivity (Wildman–Crippen MR) is 79.9 cm³/mol. The summed E-state index contributed by atoms with van der Waals surface area (Å²) >= 11 is 0. The van der Waals surface area contributed by atoms with Gasteiger partial charge in [-0.2, -0.15) is 5.10 Å². The molecule has 0 amide bonds. The molecule has 0 saturated carbocycles. The van der Waals surface area contributed by atoms with Crippen LogP contribution in [0, 0.1) is 6.92 Å². The zero-order valence-electron chi connectivity index (χ0n) is 11.6. The van der Waals surface area contributed by atoms with Crippen LogP contribution in [0.25, 0.3) is 6.08 Å². The minimum atomic E-state index is 0.403. The second-order valence-corrected chi connectivity index (χ2v) is 4.86. The summed E-state index contributed by atoms with van der Waals surface area (Å²) in [5, 5.41) is 7.75. The van der Waals surface area contributed by atoms with Gasteiger partial charge in [0.15, 0.2) is 0 Å². The van der Waals surface area contributed by atoms with Crippen LogP contribution in [0.1, 0.15) is 18.1 Å². The van der Waals surface area contributed by atoms with Crippen molar-refractivity contribution < 1.29 is 0 Å². The molecular weight excluding hydrogens is 234 g/mol. The normalized spacial score (nSPS) is 12.9. The summed E-state index contributed by atoms with van der Waals surface area (Å²) in [6, 6.07) is 10.7. The molecule has 100 valence electrons. The van der Waals surface area contributed by atoms with E-state index in [-0.39, 0.29) is 0 Å². The van der Waals surface area contributed by atoms with Gasteiger partial charge in [0.05, 0.1) is 12.7 Å². The fraction of sp³-hybridized carbons (Fsp3) is 0.312. The molecule has 1 atom stereocenters. The molecule has 1 N–H and O–H groups in total. The molecule has 1 heterocycles. The molecule has 1 aromatic heterocycles. The molecule has 3 heteroatoms. The zero-order valence-corrected chi connectivity index (χ0v) is 11.6. The second-order valence-electron chi connectivity index (χ2n) is 4.86. The van der Waals surface area contributed by atoms with E-state index in [2.05, 4.69) is 66.9 Å². The van der Waals surface area contributed by atoms with Gasteiger partial charge < -0.3 is 5.32 Å². The Morgan fingerprint density at radius 1 is 1.32 bits per heavy atom. The Kier molecular flexibility index (Phi) is 4.93. The number of benzene rings is 1. The molecule has 0 fully saturated rings. The van der Waals surface area contributed by atoms with Gasteiger partial charge in [-0.05, 0) is 25.0 Å². The van der Waals surface area contributed by atoms with Crippen molar-refractivity contribution in [2.75, 3.05) is 6.54 Å². The lowest BCUT2D eigenvalue weighted by molar-refractivity contribution is 0.468. The van der Waals surface area contributed by atoms with E-state index in [0.29, 0.717) is 6.04 Å². The molecule has 19 heavy (non-hydrogen) atoms. The first-order chi connectivity index (χ1) is 9.24. The molecule has 3 nitrogen and oxygen atoms in total. The number of nitrogens with zero attached hydrogens (tertiary/aromatic N) is 2. The van der Waals surface area contributed by atoms with E-state index in [1.807, 2.05) is 16.9 Å². The van der Waals surface area contributed by atoms with Crippen molar-refractivity contribution in [3.8, 4) is 0 Å². The molecule has 0 bridgehead atoms. The first kappa shape index (κ1) is 13.6. The van der Waals surface area contributed by atoms with Crippen LogP contribution < -0.4 is 5.32 Å². The Morgan fingerprint density at radius 2 is 2.11 bits per heavy atom. The van der Waals surface area contributed by atoms with Crippen LogP contribution in [-0.2, 0) is 6.54 Å². The second kappa shape index (κ2) is 6.90. The third-order valence-electron chi connectivity index (χ3n) is 2.92. The van der Waals surface area contributed by atoms with Crippen molar-refractivity contribution in [3.05, 3.63) is 59.9 Å². The molecule has 0 aliphatic rings. The molecular formula is C16H21N3. The molecule has 0 saturated heterocycles. The molecule has 0 radical (unpaired) electrons. The number of hydrogen-bond acceptors (Lipinski definition) is 2. The van der Waals surface area contributed by atoms with E-state index >= 15 is 0 Å². The summed E-state index contributed by atoms with van der Waals surface area (Å²) in [4.78, 5) is 0. The van der Waals surface area contributed by atoms with E-state index in [1.54, 1.807) is 0 Å². The number of hydrogen-bond donors (Lipinski definition) is 1. The van der Waals surface area contributed by atoms with E-state index in [0.717, 1.165) is 13.1 Å². The van der Waals surface area contributed by atoms with E-state index in [4.69, 9.17) is 0 Å². The number of aryl methyl sites for hydroxylation is 1. The van der Waals surface area contributed by atoms with Gasteiger partial charge in [-0.15, -0.1) is 0 Å². The molecule has 0 aliphatic carbocycles. The van der Waals surface area contributed by atoms with Crippen molar-refractivity contribution >= 4 is 6.08 Å². The summed E-state index contributed by atoms with van der Waals surface area (Å²) in [5.74, 6) is 0. The first-order valence-electron chi connectivity index (χ1n) is 6.68. The van der Waals surface area contributed by atoms with Crippen LogP contribution in [0.15, 0.2) is 48.8 Å². The summed E-state index contributed by atoms with van der Waals surface area (Å²) in [6.45, 7) is 6.00. The van der Waals surface area contributed by atoms with Crippen LogP contribution >= 0.6 is 0 Å². The van der Waals surface area contributed by atoms with Gasteiger partial charge in [-0.25, -0.2) is 0 Å². The maximum Gasteiger partial charge on any atom is 0.0560 e. The highest BCUT2D eigenvalue weighted by molar-refractivity contribution is 5.48. The Bertz CT molecular complexity index is 514. The highest BCUT2D eigenvalue weighted by Gasteiger charge is 2.01. The molecule has 2 rings (SSSR count). The minimum Gasteiger partial charge on any atom is -0.309 e. The topological polar surface area (TPSA) is 29.9 Å². The van der Waals surface area contributed by atoms with Crippen molar-refractivity contribution in [2.24, 2.45) is 0 Å². The molecule has 0 spiro atoms. The summed E-state index contributed by atoms with van der Waals surface area (Å²) in [6.07, 6.45) is 8.25. The van der Waals surface area contributed by atoms with Gasteiger partial charge in [0.25, 0.3) is 0 Å². The maximum atomic E-state index is 4.29. The number of aromatic nitrogens is 2. The summed E-state index contributed by atoms with van der Waals surface area (Å²) < 4.78 is 1.98. The minimum absolute atomic E-state index is 0.403. The van der Waals surface area contributed by atoms with Crippen LogP contribution in [0.2, 0.25) is 0 Å². The van der Waals surface area contributed by atoms with Gasteiger partial charge in [0.2, 0.25) is 0 Å². The van der Waals surface area contributed by atoms with E-state index < -0.39 is 0 Å². The fourth-order valence-electron chi connectivity index (χ4n) is 1.94. The van der Waals surface area contributed by atoms with E-state index in [1.165, 1.54) is 11.1 Å². The third kappa shape index (κ3) is 4.72. The number of rotatable bonds is 6. The van der Waals surface area contributed by atoms with Crippen LogP contribution in [-0.4, -0.2) is 22.4 Å². The average Bonchev–Trinajstić information content (AvgIpc) is 2.81. The van der Waals surface area contributed by atoms with Crippen molar-refractivity contribution in [3.63, 3.8) is 0 Å². The van der Waals surface area contributed by atoms with Crippen molar-refractivity contribution in [1.29, 1.82) is 0 Å². The van der Waals surface area contributed by atoms with Crippen molar-refractivity contribution in [1.82, 2.24) is 15.1 Å². The zero-order chi connectivity index (χ0) is 13.5. The SMILES string of the molecule is Cc1cnn(CC(C)NCC=Cc2ccccc2)c1. The maximum absolute atomic E-state index is 4.29.